The van der Waals surface area contributed by atoms with Crippen LogP contribution in [0.2, 0.25) is 0 Å². The van der Waals surface area contributed by atoms with Gasteiger partial charge in [0.05, 0.1) is 35.5 Å². The van der Waals surface area contributed by atoms with E-state index in [0.29, 0.717) is 17.4 Å². The number of carbonyl (C=O) groups excluding carboxylic acids is 1. The molecule has 1 saturated carbocycles. The normalized spacial score (nSPS) is 29.6. The van der Waals surface area contributed by atoms with Gasteiger partial charge in [0.25, 0.3) is 0 Å². The van der Waals surface area contributed by atoms with E-state index in [1.54, 1.807) is 0 Å². The van der Waals surface area contributed by atoms with Crippen LogP contribution < -0.4 is 0 Å². The molecule has 3 heterocycles. The third-order valence-corrected chi connectivity index (χ3v) is 7.12. The first-order valence-electron chi connectivity index (χ1n) is 11.0. The highest BCUT2D eigenvalue weighted by atomic mass is 16.6. The third kappa shape index (κ3) is 3.65. The topological polar surface area (TPSA) is 74.4 Å². The summed E-state index contributed by atoms with van der Waals surface area (Å²) in [7, 11) is 2.15. The van der Waals surface area contributed by atoms with Crippen LogP contribution >= 0.6 is 0 Å². The fourth-order valence-corrected chi connectivity index (χ4v) is 5.71. The molecular weight excluding hydrogens is 378 g/mol. The quantitative estimate of drug-likeness (QED) is 0.778. The molecule has 3 aliphatic rings. The fourth-order valence-electron chi connectivity index (χ4n) is 5.71. The number of ether oxygens (including phenoxy) is 1. The number of imidazole rings is 1. The lowest BCUT2D eigenvalue weighted by Crippen LogP contribution is -2.41. The Labute approximate surface area is 177 Å². The lowest BCUT2D eigenvalue weighted by atomic mass is 9.78. The molecule has 0 radical (unpaired) electrons. The largest absolute Gasteiger partial charge is 0.441 e. The molecule has 2 aliphatic heterocycles. The summed E-state index contributed by atoms with van der Waals surface area (Å²) in [6.07, 6.45) is 6.97. The van der Waals surface area contributed by atoms with Crippen LogP contribution in [0.4, 0.5) is 4.79 Å². The summed E-state index contributed by atoms with van der Waals surface area (Å²) in [5.41, 5.74) is 2.24. The van der Waals surface area contributed by atoms with Gasteiger partial charge in [-0.1, -0.05) is 0 Å². The highest BCUT2D eigenvalue weighted by Crippen LogP contribution is 2.41. The molecule has 7 heteroatoms. The van der Waals surface area contributed by atoms with Gasteiger partial charge in [-0.15, -0.1) is 0 Å². The number of rotatable bonds is 4. The lowest BCUT2D eigenvalue weighted by molar-refractivity contribution is 0.00414. The number of nitriles is 1. The van der Waals surface area contributed by atoms with Crippen LogP contribution in [0.3, 0.4) is 0 Å². The maximum atomic E-state index is 12.6. The van der Waals surface area contributed by atoms with Crippen LogP contribution in [0.25, 0.3) is 11.0 Å². The summed E-state index contributed by atoms with van der Waals surface area (Å²) in [6.45, 7) is 4.58. The Bertz CT molecular complexity index is 995. The first kappa shape index (κ1) is 19.4. The van der Waals surface area contributed by atoms with Crippen LogP contribution in [0.5, 0.6) is 0 Å². The van der Waals surface area contributed by atoms with Crippen LogP contribution in [-0.2, 0) is 11.3 Å². The highest BCUT2D eigenvalue weighted by Gasteiger charge is 2.48. The SMILES string of the molecule is CN1CC[C@H](CN2C[C@@]3(CCC[C@H](Cn4cnc5ccc(C#N)cc54)C3)OC2=O)C1. The van der Waals surface area contributed by atoms with E-state index < -0.39 is 0 Å². The number of likely N-dealkylation sites (tertiary alicyclic amines) is 1. The minimum Gasteiger partial charge on any atom is -0.441 e. The summed E-state index contributed by atoms with van der Waals surface area (Å²) in [4.78, 5) is 21.4. The summed E-state index contributed by atoms with van der Waals surface area (Å²) in [5.74, 6) is 0.996. The third-order valence-electron chi connectivity index (χ3n) is 7.12. The van der Waals surface area contributed by atoms with Crippen molar-refractivity contribution in [3.8, 4) is 6.07 Å². The average molecular weight is 408 g/mol. The van der Waals surface area contributed by atoms with Gasteiger partial charge < -0.3 is 19.1 Å². The predicted molar refractivity (Wildman–Crippen MR) is 113 cm³/mol. The van der Waals surface area contributed by atoms with E-state index in [2.05, 4.69) is 27.6 Å². The van der Waals surface area contributed by atoms with E-state index >= 15 is 0 Å². The molecule has 2 aromatic rings. The van der Waals surface area contributed by atoms with Gasteiger partial charge in [-0.05, 0) is 75.7 Å². The van der Waals surface area contributed by atoms with Crippen LogP contribution in [0.15, 0.2) is 24.5 Å². The first-order valence-corrected chi connectivity index (χ1v) is 11.0. The van der Waals surface area contributed by atoms with Gasteiger partial charge in [0.1, 0.15) is 5.60 Å². The zero-order valence-electron chi connectivity index (χ0n) is 17.6. The summed E-state index contributed by atoms with van der Waals surface area (Å²) >= 11 is 0. The minimum absolute atomic E-state index is 0.128. The second-order valence-electron chi connectivity index (χ2n) is 9.52. The first-order chi connectivity index (χ1) is 14.5. The molecule has 0 N–H and O–H groups in total. The number of aromatic nitrogens is 2. The standard InChI is InChI=1S/C23H29N5O2/c1-26-8-6-19(12-26)14-27-15-23(30-22(27)29)7-2-3-18(10-23)13-28-16-25-20-5-4-17(11-24)9-21(20)28/h4-5,9,16,18-19H,2-3,6-8,10,12-15H2,1H3/t18-,19-,23-/m0/s1. The average Bonchev–Trinajstić information content (AvgIpc) is 3.40. The van der Waals surface area contributed by atoms with Crippen LogP contribution in [-0.4, -0.2) is 64.3 Å². The predicted octanol–water partition coefficient (Wildman–Crippen LogP) is 3.24. The van der Waals surface area contributed by atoms with Gasteiger partial charge in [-0.25, -0.2) is 9.78 Å². The number of hydrogen-bond donors (Lipinski definition) is 0. The summed E-state index contributed by atoms with van der Waals surface area (Å²) < 4.78 is 8.17. The van der Waals surface area contributed by atoms with Crippen molar-refractivity contribution in [3.05, 3.63) is 30.1 Å². The molecule has 1 spiro atoms. The molecule has 2 saturated heterocycles. The Kier molecular flexibility index (Phi) is 4.90. The Morgan fingerprint density at radius 2 is 2.20 bits per heavy atom. The number of benzene rings is 1. The number of carbonyl (C=O) groups is 1. The molecule has 1 amide bonds. The van der Waals surface area contributed by atoms with Gasteiger partial charge >= 0.3 is 6.09 Å². The molecule has 1 aliphatic carbocycles. The van der Waals surface area contributed by atoms with E-state index in [1.165, 1.54) is 0 Å². The molecule has 1 aromatic carbocycles. The maximum Gasteiger partial charge on any atom is 0.410 e. The van der Waals surface area contributed by atoms with Gasteiger partial charge in [0, 0.05) is 19.6 Å². The maximum absolute atomic E-state index is 12.6. The zero-order valence-corrected chi connectivity index (χ0v) is 17.6. The molecule has 0 unspecified atom stereocenters. The molecule has 7 nitrogen and oxygen atoms in total. The highest BCUT2D eigenvalue weighted by molar-refractivity contribution is 5.77. The minimum atomic E-state index is -0.335. The van der Waals surface area contributed by atoms with Crippen molar-refractivity contribution in [1.29, 1.82) is 5.26 Å². The van der Waals surface area contributed by atoms with Crippen molar-refractivity contribution in [2.75, 3.05) is 33.2 Å². The van der Waals surface area contributed by atoms with E-state index in [9.17, 15) is 10.1 Å². The van der Waals surface area contributed by atoms with Gasteiger partial charge in [0.15, 0.2) is 0 Å². The van der Waals surface area contributed by atoms with E-state index in [-0.39, 0.29) is 11.7 Å². The van der Waals surface area contributed by atoms with Crippen molar-refractivity contribution < 1.29 is 9.53 Å². The molecule has 3 fully saturated rings. The Morgan fingerprint density at radius 1 is 1.30 bits per heavy atom. The summed E-state index contributed by atoms with van der Waals surface area (Å²) in [6, 6.07) is 7.84. The van der Waals surface area contributed by atoms with Crippen molar-refractivity contribution in [3.63, 3.8) is 0 Å². The molecule has 3 atom stereocenters. The van der Waals surface area contributed by atoms with Crippen molar-refractivity contribution in [2.24, 2.45) is 11.8 Å². The monoisotopic (exact) mass is 407 g/mol. The Morgan fingerprint density at radius 3 is 3.00 bits per heavy atom. The van der Waals surface area contributed by atoms with Crippen molar-refractivity contribution in [1.82, 2.24) is 19.4 Å². The van der Waals surface area contributed by atoms with E-state index in [4.69, 9.17) is 4.74 Å². The van der Waals surface area contributed by atoms with Crippen LogP contribution in [0, 0.1) is 23.2 Å². The van der Waals surface area contributed by atoms with E-state index in [1.807, 2.05) is 29.4 Å². The molecular formula is C23H29N5O2. The van der Waals surface area contributed by atoms with Crippen molar-refractivity contribution >= 4 is 17.1 Å². The lowest BCUT2D eigenvalue weighted by Gasteiger charge is -2.36. The second-order valence-corrected chi connectivity index (χ2v) is 9.52. The smallest absolute Gasteiger partial charge is 0.410 e. The molecule has 0 bridgehead atoms. The summed E-state index contributed by atoms with van der Waals surface area (Å²) in [5, 5.41) is 9.22. The van der Waals surface area contributed by atoms with Gasteiger partial charge in [-0.2, -0.15) is 5.26 Å². The molecule has 158 valence electrons. The number of hydrogen-bond acceptors (Lipinski definition) is 5. The number of nitrogens with zero attached hydrogens (tertiary/aromatic N) is 5. The van der Waals surface area contributed by atoms with Gasteiger partial charge in [-0.3, -0.25) is 0 Å². The number of fused-ring (bicyclic) bond motifs is 1. The van der Waals surface area contributed by atoms with Crippen molar-refractivity contribution in [2.45, 2.75) is 44.2 Å². The second kappa shape index (κ2) is 7.59. The molecule has 30 heavy (non-hydrogen) atoms. The van der Waals surface area contributed by atoms with E-state index in [0.717, 1.165) is 75.9 Å². The Hall–Kier alpha value is -2.59. The zero-order chi connectivity index (χ0) is 20.7. The molecule has 1 aromatic heterocycles. The Balaban J connectivity index is 1.27. The molecule has 5 rings (SSSR count). The fraction of sp³-hybridized carbons (Fsp3) is 0.609. The van der Waals surface area contributed by atoms with Crippen LogP contribution in [0.1, 0.15) is 37.7 Å². The number of amides is 1. The van der Waals surface area contributed by atoms with Gasteiger partial charge in [0.2, 0.25) is 0 Å².